The zero-order valence-corrected chi connectivity index (χ0v) is 22.3. The van der Waals surface area contributed by atoms with Crippen LogP contribution in [0.3, 0.4) is 0 Å². The Morgan fingerprint density at radius 2 is 1.09 bits per heavy atom. The van der Waals surface area contributed by atoms with Crippen LogP contribution in [-0.2, 0) is 4.74 Å². The number of hydrogen-bond donors (Lipinski definition) is 1. The van der Waals surface area contributed by atoms with Gasteiger partial charge in [-0.2, -0.15) is 0 Å². The zero-order chi connectivity index (χ0) is 22.9. The van der Waals surface area contributed by atoms with Crippen LogP contribution in [0.15, 0.2) is 24.7 Å². The van der Waals surface area contributed by atoms with Crippen molar-refractivity contribution in [2.75, 3.05) is 6.16 Å². The second-order valence-electron chi connectivity index (χ2n) is 11.8. The lowest BCUT2D eigenvalue weighted by molar-refractivity contribution is 0.0161. The third-order valence-electron chi connectivity index (χ3n) is 9.95. The molecular weight excluding hydrogens is 423 g/mol. The van der Waals surface area contributed by atoms with Gasteiger partial charge in [0, 0.05) is 13.3 Å². The van der Waals surface area contributed by atoms with E-state index in [4.69, 9.17) is 4.74 Å². The van der Waals surface area contributed by atoms with E-state index in [-0.39, 0.29) is 12.0 Å². The number of hydrogen-bond acceptors (Lipinski definition) is 2. The van der Waals surface area contributed by atoms with E-state index >= 15 is 0 Å². The molecular formula is C30H52O2P+. The van der Waals surface area contributed by atoms with E-state index in [1.165, 1.54) is 128 Å². The summed E-state index contributed by atoms with van der Waals surface area (Å²) >= 11 is 0. The molecule has 0 heterocycles. The van der Waals surface area contributed by atoms with Crippen molar-refractivity contribution < 1.29 is 9.84 Å². The first-order valence-electron chi connectivity index (χ1n) is 14.8. The maximum Gasteiger partial charge on any atom is 0.276 e. The third-order valence-corrected chi connectivity index (χ3v) is 16.4. The molecule has 4 aliphatic carbocycles. The van der Waals surface area contributed by atoms with Gasteiger partial charge >= 0.3 is 0 Å². The Morgan fingerprint density at radius 1 is 0.697 bits per heavy atom. The first-order valence-corrected chi connectivity index (χ1v) is 17.0. The molecule has 0 bridgehead atoms. The summed E-state index contributed by atoms with van der Waals surface area (Å²) in [6.45, 7) is 4.06. The van der Waals surface area contributed by atoms with Crippen molar-refractivity contribution in [2.24, 2.45) is 5.92 Å². The van der Waals surface area contributed by atoms with Crippen LogP contribution in [0.25, 0.3) is 0 Å². The van der Waals surface area contributed by atoms with Crippen molar-refractivity contribution in [1.82, 2.24) is 0 Å². The maximum atomic E-state index is 11.0. The molecule has 4 rings (SSSR count). The van der Waals surface area contributed by atoms with Crippen LogP contribution in [0.4, 0.5) is 0 Å². The minimum Gasteiger partial charge on any atom is -0.481 e. The lowest BCUT2D eigenvalue weighted by atomic mass is 9.85. The van der Waals surface area contributed by atoms with Crippen molar-refractivity contribution in [3.8, 4) is 0 Å². The van der Waals surface area contributed by atoms with Gasteiger partial charge in [0.1, 0.15) is 6.10 Å². The van der Waals surface area contributed by atoms with Crippen LogP contribution in [0, 0.1) is 5.92 Å². The van der Waals surface area contributed by atoms with E-state index in [0.29, 0.717) is 5.92 Å². The lowest BCUT2D eigenvalue weighted by Gasteiger charge is -2.48. The first kappa shape index (κ1) is 25.6. The molecule has 2 nitrogen and oxygen atoms in total. The summed E-state index contributed by atoms with van der Waals surface area (Å²) < 4.78 is 6.21. The first-order chi connectivity index (χ1) is 16.2. The summed E-state index contributed by atoms with van der Waals surface area (Å²) in [5.74, 6) is 0.749. The molecule has 0 aromatic carbocycles. The maximum absolute atomic E-state index is 11.0. The molecule has 1 N–H and O–H groups in total. The van der Waals surface area contributed by atoms with Crippen molar-refractivity contribution in [1.29, 1.82) is 0 Å². The quantitative estimate of drug-likeness (QED) is 0.204. The summed E-state index contributed by atoms with van der Waals surface area (Å²) in [7, 11) is -1.20. The predicted molar refractivity (Wildman–Crippen MR) is 145 cm³/mol. The molecule has 1 unspecified atom stereocenters. The van der Waals surface area contributed by atoms with Crippen molar-refractivity contribution >= 4 is 7.26 Å². The van der Waals surface area contributed by atoms with Crippen molar-refractivity contribution in [2.45, 2.75) is 151 Å². The van der Waals surface area contributed by atoms with Gasteiger partial charge in [0.05, 0.1) is 23.1 Å². The lowest BCUT2D eigenvalue weighted by Crippen LogP contribution is -2.37. The molecule has 4 saturated carbocycles. The Kier molecular flexibility index (Phi) is 10.1. The van der Waals surface area contributed by atoms with Crippen LogP contribution < -0.4 is 0 Å². The number of ether oxygens (including phenoxy) is 1. The van der Waals surface area contributed by atoms with E-state index in [1.807, 2.05) is 6.08 Å². The molecule has 0 radical (unpaired) electrons. The van der Waals surface area contributed by atoms with E-state index < -0.39 is 7.26 Å². The molecule has 188 valence electrons. The monoisotopic (exact) mass is 475 g/mol. The van der Waals surface area contributed by atoms with Crippen LogP contribution in [-0.4, -0.2) is 34.3 Å². The van der Waals surface area contributed by atoms with E-state index in [2.05, 4.69) is 12.7 Å². The molecule has 33 heavy (non-hydrogen) atoms. The largest absolute Gasteiger partial charge is 0.481 e. The number of aliphatic hydroxyl groups is 1. The highest BCUT2D eigenvalue weighted by Crippen LogP contribution is 2.77. The summed E-state index contributed by atoms with van der Waals surface area (Å²) in [5.41, 5.74) is 2.86. The van der Waals surface area contributed by atoms with E-state index in [9.17, 15) is 5.11 Å². The van der Waals surface area contributed by atoms with Gasteiger partial charge in [-0.15, -0.1) is 0 Å². The summed E-state index contributed by atoms with van der Waals surface area (Å²) in [5, 5.41) is 11.0. The highest BCUT2D eigenvalue weighted by Gasteiger charge is 2.56. The summed E-state index contributed by atoms with van der Waals surface area (Å²) in [6, 6.07) is 0. The summed E-state index contributed by atoms with van der Waals surface area (Å²) in [4.78, 5) is 0. The second-order valence-corrected chi connectivity index (χ2v) is 16.4. The van der Waals surface area contributed by atoms with Gasteiger partial charge in [0.2, 0.25) is 0 Å². The van der Waals surface area contributed by atoms with Gasteiger partial charge in [-0.25, -0.2) is 0 Å². The second kappa shape index (κ2) is 13.0. The van der Waals surface area contributed by atoms with Gasteiger partial charge in [-0.1, -0.05) is 51.2 Å². The Bertz CT molecular complexity index is 559. The molecule has 0 spiro atoms. The number of aliphatic hydroxyl groups excluding tert-OH is 1. The highest BCUT2D eigenvalue weighted by atomic mass is 31.2. The van der Waals surface area contributed by atoms with Crippen molar-refractivity contribution in [3.05, 3.63) is 24.7 Å². The fraction of sp³-hybridized carbons (Fsp3) is 0.867. The molecule has 3 heteroatoms. The minimum absolute atomic E-state index is 0.0201. The van der Waals surface area contributed by atoms with Gasteiger partial charge in [-0.05, 0) is 95.8 Å². The smallest absolute Gasteiger partial charge is 0.276 e. The van der Waals surface area contributed by atoms with Gasteiger partial charge in [-0.3, -0.25) is 0 Å². The normalized spacial score (nSPS) is 26.7. The molecule has 0 saturated heterocycles. The minimum atomic E-state index is -1.20. The summed E-state index contributed by atoms with van der Waals surface area (Å²) in [6.07, 6.45) is 33.4. The topological polar surface area (TPSA) is 29.5 Å². The van der Waals surface area contributed by atoms with Gasteiger partial charge < -0.3 is 9.84 Å². The van der Waals surface area contributed by atoms with E-state index in [0.717, 1.165) is 23.1 Å². The number of rotatable bonds is 9. The van der Waals surface area contributed by atoms with Crippen LogP contribution >= 0.6 is 7.26 Å². The zero-order valence-electron chi connectivity index (χ0n) is 21.4. The Morgan fingerprint density at radius 3 is 1.48 bits per heavy atom. The molecule has 0 aromatic heterocycles. The fourth-order valence-electron chi connectivity index (χ4n) is 8.25. The Balaban J connectivity index is 1.56. The average molecular weight is 476 g/mol. The molecule has 4 fully saturated rings. The Hall–Kier alpha value is -0.490. The highest BCUT2D eigenvalue weighted by molar-refractivity contribution is 7.78. The van der Waals surface area contributed by atoms with Crippen LogP contribution in [0.2, 0.25) is 0 Å². The van der Waals surface area contributed by atoms with Crippen LogP contribution in [0.5, 0.6) is 0 Å². The molecule has 1 atom stereocenters. The van der Waals surface area contributed by atoms with E-state index in [1.54, 1.807) is 0 Å². The standard InChI is InChI=1S/C30H51O2P/c1-2-29(25-15-7-3-8-16-25)32-30(31)23-24-33(26-17-9-4-10-18-26,27-19-11-5-12-20-27)28-21-13-6-14-22-28/h2,23,25-29H,1,3-22,24H2/p+1/b30-23+. The molecule has 0 aromatic rings. The fourth-order valence-corrected chi connectivity index (χ4v) is 15.4. The molecule has 0 aliphatic heterocycles. The molecule has 4 aliphatic rings. The van der Waals surface area contributed by atoms with Crippen molar-refractivity contribution in [3.63, 3.8) is 0 Å². The van der Waals surface area contributed by atoms with Gasteiger partial charge in [0.15, 0.2) is 0 Å². The Labute approximate surface area is 205 Å². The van der Waals surface area contributed by atoms with Gasteiger partial charge in [0.25, 0.3) is 5.95 Å². The SMILES string of the molecule is C=CC(O/C(O)=C/C[P+](C1CCCCC1)(C1CCCCC1)C1CCCCC1)C1CCCCC1. The predicted octanol–water partition coefficient (Wildman–Crippen LogP) is 9.55. The number of allylic oxidation sites excluding steroid dienone is 1. The van der Waals surface area contributed by atoms with Crippen LogP contribution in [0.1, 0.15) is 128 Å². The third kappa shape index (κ3) is 6.39. The molecule has 0 amide bonds. The average Bonchev–Trinajstić information content (AvgIpc) is 2.90.